The number of nitrogens with zero attached hydrogens (tertiary/aromatic N) is 1. The van der Waals surface area contributed by atoms with Crippen molar-refractivity contribution in [2.75, 3.05) is 6.54 Å². The number of hydrogen-bond donors (Lipinski definition) is 1. The van der Waals surface area contributed by atoms with E-state index in [1.165, 1.54) is 11.1 Å². The third-order valence-electron chi connectivity index (χ3n) is 5.93. The van der Waals surface area contributed by atoms with E-state index in [1.807, 2.05) is 39.0 Å². The van der Waals surface area contributed by atoms with Crippen molar-refractivity contribution in [2.24, 2.45) is 0 Å². The summed E-state index contributed by atoms with van der Waals surface area (Å²) in [4.78, 5) is 27.6. The summed E-state index contributed by atoms with van der Waals surface area (Å²) in [5.74, 6) is 0.432. The maximum Gasteiger partial charge on any atom is 0.242 e. The van der Waals surface area contributed by atoms with Gasteiger partial charge >= 0.3 is 0 Å². The molecule has 0 unspecified atom stereocenters. The number of aryl methyl sites for hydroxylation is 1. The zero-order valence-electron chi connectivity index (χ0n) is 19.7. The third-order valence-corrected chi connectivity index (χ3v) is 5.93. The number of rotatable bonds is 11. The van der Waals surface area contributed by atoms with Crippen molar-refractivity contribution in [3.05, 3.63) is 71.3 Å². The van der Waals surface area contributed by atoms with Crippen LogP contribution in [0.25, 0.3) is 0 Å². The number of hydrogen-bond acceptors (Lipinski definition) is 2. The summed E-state index contributed by atoms with van der Waals surface area (Å²) in [6, 6.07) is 18.2. The zero-order chi connectivity index (χ0) is 22.8. The topological polar surface area (TPSA) is 49.4 Å². The maximum absolute atomic E-state index is 13.2. The van der Waals surface area contributed by atoms with Crippen LogP contribution in [-0.2, 0) is 22.4 Å². The maximum atomic E-state index is 13.2. The first-order valence-electron chi connectivity index (χ1n) is 11.5. The van der Waals surface area contributed by atoms with Gasteiger partial charge in [0.25, 0.3) is 0 Å². The fraction of sp³-hybridized carbons (Fsp3) is 0.481. The average Bonchev–Trinajstić information content (AvgIpc) is 2.78. The van der Waals surface area contributed by atoms with E-state index in [1.54, 1.807) is 4.90 Å². The first kappa shape index (κ1) is 24.6. The van der Waals surface area contributed by atoms with Crippen LogP contribution in [-0.4, -0.2) is 35.3 Å². The summed E-state index contributed by atoms with van der Waals surface area (Å²) in [6.45, 7) is 10.7. The molecule has 0 aliphatic heterocycles. The largest absolute Gasteiger partial charge is 0.352 e. The van der Waals surface area contributed by atoms with Gasteiger partial charge in [0.2, 0.25) is 11.8 Å². The van der Waals surface area contributed by atoms with Crippen LogP contribution < -0.4 is 5.32 Å². The molecule has 2 amide bonds. The van der Waals surface area contributed by atoms with Crippen LogP contribution in [0.2, 0.25) is 0 Å². The van der Waals surface area contributed by atoms with E-state index in [0.29, 0.717) is 25.3 Å². The summed E-state index contributed by atoms with van der Waals surface area (Å²) in [5.41, 5.74) is 3.62. The summed E-state index contributed by atoms with van der Waals surface area (Å²) in [5, 5.41) is 3.02. The molecule has 168 valence electrons. The molecule has 4 heteroatoms. The Morgan fingerprint density at radius 1 is 0.871 bits per heavy atom. The molecule has 4 nitrogen and oxygen atoms in total. The molecule has 2 rings (SSSR count). The molecule has 2 aromatic rings. The minimum absolute atomic E-state index is 0.0238. The normalized spacial score (nSPS) is 13.0. The summed E-state index contributed by atoms with van der Waals surface area (Å²) in [6.07, 6.45) is 2.68. The second-order valence-corrected chi connectivity index (χ2v) is 8.71. The molecule has 0 saturated carbocycles. The highest BCUT2D eigenvalue weighted by atomic mass is 16.2. The van der Waals surface area contributed by atoms with Gasteiger partial charge in [-0.3, -0.25) is 9.59 Å². The molecule has 0 aliphatic carbocycles. The molecule has 31 heavy (non-hydrogen) atoms. The molecule has 2 aromatic carbocycles. The molecule has 0 spiro atoms. The van der Waals surface area contributed by atoms with Crippen LogP contribution in [0.3, 0.4) is 0 Å². The van der Waals surface area contributed by atoms with Gasteiger partial charge in [-0.15, -0.1) is 0 Å². The Hall–Kier alpha value is -2.62. The highest BCUT2D eigenvalue weighted by molar-refractivity contribution is 5.87. The van der Waals surface area contributed by atoms with Gasteiger partial charge < -0.3 is 10.2 Å². The molecule has 0 fully saturated rings. The van der Waals surface area contributed by atoms with Crippen molar-refractivity contribution in [1.82, 2.24) is 10.2 Å². The smallest absolute Gasteiger partial charge is 0.242 e. The minimum Gasteiger partial charge on any atom is -0.352 e. The SMILES string of the molecule is CC[C@H](C)NC(=O)[C@H](C)N(CCc1ccccc1)C(=O)CCc1ccc(C(C)C)cc1. The number of benzene rings is 2. The fourth-order valence-electron chi connectivity index (χ4n) is 3.50. The predicted molar refractivity (Wildman–Crippen MR) is 128 cm³/mol. The third kappa shape index (κ3) is 7.86. The Morgan fingerprint density at radius 3 is 2.06 bits per heavy atom. The predicted octanol–water partition coefficient (Wildman–Crippen LogP) is 5.12. The van der Waals surface area contributed by atoms with Crippen molar-refractivity contribution in [1.29, 1.82) is 0 Å². The molecule has 0 aromatic heterocycles. The zero-order valence-corrected chi connectivity index (χ0v) is 19.7. The molecule has 2 atom stereocenters. The van der Waals surface area contributed by atoms with E-state index in [-0.39, 0.29) is 17.9 Å². The number of nitrogens with one attached hydrogen (secondary N) is 1. The molecule has 0 heterocycles. The van der Waals surface area contributed by atoms with Gasteiger partial charge in [0.05, 0.1) is 0 Å². The van der Waals surface area contributed by atoms with Gasteiger partial charge in [0.1, 0.15) is 6.04 Å². The second-order valence-electron chi connectivity index (χ2n) is 8.71. The van der Waals surface area contributed by atoms with Crippen molar-refractivity contribution in [3.8, 4) is 0 Å². The fourth-order valence-corrected chi connectivity index (χ4v) is 3.50. The molecule has 0 bridgehead atoms. The average molecular weight is 423 g/mol. The number of carbonyl (C=O) groups is 2. The van der Waals surface area contributed by atoms with Crippen molar-refractivity contribution < 1.29 is 9.59 Å². The quantitative estimate of drug-likeness (QED) is 0.547. The lowest BCUT2D eigenvalue weighted by atomic mass is 10.00. The van der Waals surface area contributed by atoms with Crippen molar-refractivity contribution in [3.63, 3.8) is 0 Å². The summed E-state index contributed by atoms with van der Waals surface area (Å²) >= 11 is 0. The Bertz CT molecular complexity index is 815. The highest BCUT2D eigenvalue weighted by Crippen LogP contribution is 2.16. The van der Waals surface area contributed by atoms with Crippen molar-refractivity contribution >= 4 is 11.8 Å². The van der Waals surface area contributed by atoms with E-state index in [2.05, 4.69) is 55.6 Å². The molecular formula is C27H38N2O2. The van der Waals surface area contributed by atoms with Crippen LogP contribution in [0.4, 0.5) is 0 Å². The van der Waals surface area contributed by atoms with Gasteiger partial charge in [-0.2, -0.15) is 0 Å². The van der Waals surface area contributed by atoms with E-state index in [4.69, 9.17) is 0 Å². The molecule has 1 N–H and O–H groups in total. The lowest BCUT2D eigenvalue weighted by Gasteiger charge is -2.29. The van der Waals surface area contributed by atoms with Gasteiger partial charge in [-0.25, -0.2) is 0 Å². The molecular weight excluding hydrogens is 384 g/mol. The number of carbonyl (C=O) groups excluding carboxylic acids is 2. The summed E-state index contributed by atoms with van der Waals surface area (Å²) in [7, 11) is 0. The molecule has 0 radical (unpaired) electrons. The van der Waals surface area contributed by atoms with Gasteiger partial charge in [-0.1, -0.05) is 75.4 Å². The van der Waals surface area contributed by atoms with Gasteiger partial charge in [0, 0.05) is 19.0 Å². The van der Waals surface area contributed by atoms with Crippen LogP contribution in [0.1, 0.15) is 70.1 Å². The van der Waals surface area contributed by atoms with E-state index >= 15 is 0 Å². The lowest BCUT2D eigenvalue weighted by molar-refractivity contribution is -0.140. The minimum atomic E-state index is -0.492. The van der Waals surface area contributed by atoms with Gasteiger partial charge in [-0.05, 0) is 55.7 Å². The Labute approximate surface area is 188 Å². The van der Waals surface area contributed by atoms with Crippen LogP contribution in [0.15, 0.2) is 54.6 Å². The Kier molecular flexibility index (Phi) is 9.77. The second kappa shape index (κ2) is 12.3. The Morgan fingerprint density at radius 2 is 1.48 bits per heavy atom. The van der Waals surface area contributed by atoms with E-state index in [9.17, 15) is 9.59 Å². The van der Waals surface area contributed by atoms with Crippen LogP contribution in [0.5, 0.6) is 0 Å². The van der Waals surface area contributed by atoms with Crippen LogP contribution in [0, 0.1) is 0 Å². The Balaban J connectivity index is 2.05. The highest BCUT2D eigenvalue weighted by Gasteiger charge is 2.26. The van der Waals surface area contributed by atoms with Crippen LogP contribution >= 0.6 is 0 Å². The lowest BCUT2D eigenvalue weighted by Crippen LogP contribution is -2.50. The monoisotopic (exact) mass is 422 g/mol. The van der Waals surface area contributed by atoms with Crippen molar-refractivity contribution in [2.45, 2.75) is 78.3 Å². The number of amides is 2. The van der Waals surface area contributed by atoms with E-state index < -0.39 is 6.04 Å². The van der Waals surface area contributed by atoms with Gasteiger partial charge in [0.15, 0.2) is 0 Å². The van der Waals surface area contributed by atoms with E-state index in [0.717, 1.165) is 18.4 Å². The molecule has 0 saturated heterocycles. The first-order chi connectivity index (χ1) is 14.8. The first-order valence-corrected chi connectivity index (χ1v) is 11.5. The standard InChI is InChI=1S/C27H38N2O2/c1-6-21(4)28-27(31)22(5)29(19-18-23-10-8-7-9-11-23)26(30)17-14-24-12-15-25(16-13-24)20(2)3/h7-13,15-16,20-22H,6,14,17-19H2,1-5H3,(H,28,31)/t21-,22-/m0/s1. The molecule has 0 aliphatic rings. The summed E-state index contributed by atoms with van der Waals surface area (Å²) < 4.78 is 0.